The van der Waals surface area contributed by atoms with Gasteiger partial charge in [-0.25, -0.2) is 4.98 Å². The molecule has 7 heteroatoms. The minimum absolute atomic E-state index is 0.256. The first-order valence-corrected chi connectivity index (χ1v) is 8.70. The van der Waals surface area contributed by atoms with Gasteiger partial charge in [-0.1, -0.05) is 0 Å². The monoisotopic (exact) mass is 367 g/mol. The fourth-order valence-electron chi connectivity index (χ4n) is 2.64. The topological polar surface area (TPSA) is 77.1 Å². The van der Waals surface area contributed by atoms with Gasteiger partial charge < -0.3 is 14.0 Å². The molecule has 1 aromatic carbocycles. The Morgan fingerprint density at radius 2 is 2.04 bits per heavy atom. The fourth-order valence-corrected chi connectivity index (χ4v) is 3.51. The molecule has 0 fully saturated rings. The number of Topliss-reactive ketones (excluding diaryl/α,β-unsaturated/α-hetero) is 1. The Labute approximate surface area is 155 Å². The first-order valence-electron chi connectivity index (χ1n) is 7.82. The molecule has 0 saturated carbocycles. The summed E-state index contributed by atoms with van der Waals surface area (Å²) in [5.41, 5.74) is 2.00. The van der Waals surface area contributed by atoms with E-state index in [2.05, 4.69) is 11.1 Å². The second-order valence-corrected chi connectivity index (χ2v) is 6.46. The molecule has 2 heterocycles. The van der Waals surface area contributed by atoms with Crippen molar-refractivity contribution < 1.29 is 14.3 Å². The van der Waals surface area contributed by atoms with E-state index in [0.717, 1.165) is 5.56 Å². The Balaban J connectivity index is 1.93. The third kappa shape index (κ3) is 3.19. The molecule has 0 N–H and O–H groups in total. The van der Waals surface area contributed by atoms with E-state index in [4.69, 9.17) is 9.47 Å². The lowest BCUT2D eigenvalue weighted by atomic mass is 10.0. The van der Waals surface area contributed by atoms with E-state index in [9.17, 15) is 10.1 Å². The van der Waals surface area contributed by atoms with Crippen LogP contribution in [0.2, 0.25) is 0 Å². The Morgan fingerprint density at radius 1 is 1.27 bits per heavy atom. The van der Waals surface area contributed by atoms with Gasteiger partial charge in [-0.15, -0.1) is 11.3 Å². The molecule has 0 spiro atoms. The van der Waals surface area contributed by atoms with Crippen LogP contribution in [0.5, 0.6) is 11.5 Å². The number of ether oxygens (including phenoxy) is 2. The molecule has 1 atom stereocenters. The molecule has 0 bridgehead atoms. The Morgan fingerprint density at radius 3 is 2.65 bits per heavy atom. The Hall–Kier alpha value is -3.11. The predicted octanol–water partition coefficient (Wildman–Crippen LogP) is 3.66. The van der Waals surface area contributed by atoms with Crippen LogP contribution in [-0.2, 0) is 7.05 Å². The molecule has 2 aromatic heterocycles. The van der Waals surface area contributed by atoms with E-state index >= 15 is 0 Å². The van der Waals surface area contributed by atoms with Crippen LogP contribution in [0.1, 0.15) is 21.4 Å². The van der Waals surface area contributed by atoms with Crippen molar-refractivity contribution in [1.29, 1.82) is 5.26 Å². The summed E-state index contributed by atoms with van der Waals surface area (Å²) in [4.78, 5) is 17.2. The summed E-state index contributed by atoms with van der Waals surface area (Å²) in [5, 5.41) is 11.8. The first kappa shape index (κ1) is 17.7. The molecule has 0 aliphatic rings. The number of aryl methyl sites for hydroxylation is 1. The van der Waals surface area contributed by atoms with E-state index in [1.807, 2.05) is 17.5 Å². The number of methoxy groups -OCH3 is 2. The fraction of sp³-hybridized carbons (Fsp3) is 0.211. The van der Waals surface area contributed by atoms with Gasteiger partial charge >= 0.3 is 0 Å². The van der Waals surface area contributed by atoms with Crippen LogP contribution in [0.15, 0.2) is 41.9 Å². The van der Waals surface area contributed by atoms with Gasteiger partial charge in [0.05, 0.1) is 31.7 Å². The minimum Gasteiger partial charge on any atom is -0.493 e. The Bertz CT molecular complexity index is 984. The lowest BCUT2D eigenvalue weighted by molar-refractivity contribution is 0.0971. The second kappa shape index (κ2) is 7.42. The summed E-state index contributed by atoms with van der Waals surface area (Å²) in [5.74, 6) is 0.0347. The van der Waals surface area contributed by atoms with E-state index in [1.54, 1.807) is 50.2 Å². The predicted molar refractivity (Wildman–Crippen MR) is 98.8 cm³/mol. The number of rotatable bonds is 6. The van der Waals surface area contributed by atoms with Crippen LogP contribution in [-0.4, -0.2) is 29.6 Å². The number of hydrogen-bond acceptors (Lipinski definition) is 6. The number of aromatic nitrogens is 2. The molecule has 3 rings (SSSR count). The first-order chi connectivity index (χ1) is 12.6. The SMILES string of the molecule is COc1ccc(-c2csc(C(C#N)C(=O)c3cccn3C)n2)cc1OC. The van der Waals surface area contributed by atoms with Crippen molar-refractivity contribution in [3.63, 3.8) is 0 Å². The molecule has 26 heavy (non-hydrogen) atoms. The molecule has 132 valence electrons. The summed E-state index contributed by atoms with van der Waals surface area (Å²) >= 11 is 1.30. The summed E-state index contributed by atoms with van der Waals surface area (Å²) < 4.78 is 12.3. The number of thiazole rings is 1. The number of hydrogen-bond donors (Lipinski definition) is 0. The van der Waals surface area contributed by atoms with E-state index in [0.29, 0.717) is 27.9 Å². The smallest absolute Gasteiger partial charge is 0.203 e. The number of nitrogens with zero attached hydrogens (tertiary/aromatic N) is 3. The zero-order valence-corrected chi connectivity index (χ0v) is 15.4. The molecular formula is C19H17N3O3S. The van der Waals surface area contributed by atoms with Crippen molar-refractivity contribution in [3.05, 3.63) is 52.6 Å². The maximum Gasteiger partial charge on any atom is 0.203 e. The molecule has 0 saturated heterocycles. The molecule has 0 aliphatic heterocycles. The van der Waals surface area contributed by atoms with Crippen molar-refractivity contribution in [3.8, 4) is 28.8 Å². The van der Waals surface area contributed by atoms with Crippen LogP contribution in [0.25, 0.3) is 11.3 Å². The van der Waals surface area contributed by atoms with Crippen molar-refractivity contribution in [2.45, 2.75) is 5.92 Å². The van der Waals surface area contributed by atoms with Gasteiger partial charge in [-0.3, -0.25) is 4.79 Å². The van der Waals surface area contributed by atoms with E-state index < -0.39 is 5.92 Å². The molecule has 3 aromatic rings. The van der Waals surface area contributed by atoms with Crippen molar-refractivity contribution in [2.24, 2.45) is 7.05 Å². The zero-order chi connectivity index (χ0) is 18.7. The van der Waals surface area contributed by atoms with Crippen molar-refractivity contribution in [1.82, 2.24) is 9.55 Å². The maximum atomic E-state index is 12.7. The second-order valence-electron chi connectivity index (χ2n) is 5.57. The maximum absolute atomic E-state index is 12.7. The number of nitriles is 1. The van der Waals surface area contributed by atoms with Gasteiger partial charge in [0, 0.05) is 24.2 Å². The van der Waals surface area contributed by atoms with E-state index in [-0.39, 0.29) is 5.78 Å². The summed E-state index contributed by atoms with van der Waals surface area (Å²) in [6.07, 6.45) is 1.78. The van der Waals surface area contributed by atoms with Gasteiger partial charge in [0.1, 0.15) is 5.01 Å². The molecule has 6 nitrogen and oxygen atoms in total. The number of carbonyl (C=O) groups is 1. The Kier molecular flexibility index (Phi) is 5.05. The molecule has 0 amide bonds. The van der Waals surface area contributed by atoms with Crippen molar-refractivity contribution >= 4 is 17.1 Å². The van der Waals surface area contributed by atoms with Crippen LogP contribution in [0.4, 0.5) is 0 Å². The van der Waals surface area contributed by atoms with Gasteiger partial charge in [0.15, 0.2) is 17.4 Å². The number of ketones is 1. The molecular weight excluding hydrogens is 350 g/mol. The van der Waals surface area contributed by atoms with Gasteiger partial charge in [-0.05, 0) is 30.3 Å². The molecule has 0 aliphatic carbocycles. The summed E-state index contributed by atoms with van der Waals surface area (Å²) in [6.45, 7) is 0. The summed E-state index contributed by atoms with van der Waals surface area (Å²) in [6, 6.07) is 11.0. The normalized spacial score (nSPS) is 11.6. The average molecular weight is 367 g/mol. The van der Waals surface area contributed by atoms with Gasteiger partial charge in [0.2, 0.25) is 5.78 Å². The van der Waals surface area contributed by atoms with Gasteiger partial charge in [0.25, 0.3) is 0 Å². The lowest BCUT2D eigenvalue weighted by Gasteiger charge is -2.08. The van der Waals surface area contributed by atoms with Crippen LogP contribution in [0, 0.1) is 11.3 Å². The van der Waals surface area contributed by atoms with Crippen molar-refractivity contribution in [2.75, 3.05) is 14.2 Å². The number of benzene rings is 1. The highest BCUT2D eigenvalue weighted by Crippen LogP contribution is 2.34. The largest absolute Gasteiger partial charge is 0.493 e. The average Bonchev–Trinajstić information content (AvgIpc) is 3.31. The highest BCUT2D eigenvalue weighted by molar-refractivity contribution is 7.10. The van der Waals surface area contributed by atoms with Gasteiger partial charge in [-0.2, -0.15) is 5.26 Å². The third-order valence-electron chi connectivity index (χ3n) is 4.04. The quantitative estimate of drug-likeness (QED) is 0.622. The molecule has 0 radical (unpaired) electrons. The molecule has 1 unspecified atom stereocenters. The highest BCUT2D eigenvalue weighted by Gasteiger charge is 2.26. The highest BCUT2D eigenvalue weighted by atomic mass is 32.1. The van der Waals surface area contributed by atoms with Crippen LogP contribution < -0.4 is 9.47 Å². The third-order valence-corrected chi connectivity index (χ3v) is 4.95. The van der Waals surface area contributed by atoms with Crippen LogP contribution >= 0.6 is 11.3 Å². The summed E-state index contributed by atoms with van der Waals surface area (Å²) in [7, 11) is 4.92. The lowest BCUT2D eigenvalue weighted by Crippen LogP contribution is -2.14. The van der Waals surface area contributed by atoms with Crippen LogP contribution in [0.3, 0.4) is 0 Å². The standard InChI is InChI=1S/C19H17N3O3S/c1-22-8-4-5-15(22)18(23)13(10-20)19-21-14(11-26-19)12-6-7-16(24-2)17(9-12)25-3/h4-9,11,13H,1-3H3. The zero-order valence-electron chi connectivity index (χ0n) is 14.6. The van der Waals surface area contributed by atoms with E-state index in [1.165, 1.54) is 11.3 Å². The minimum atomic E-state index is -0.928. The number of carbonyl (C=O) groups excluding carboxylic acids is 1.